The molecule has 1 aliphatic carbocycles. The summed E-state index contributed by atoms with van der Waals surface area (Å²) in [4.78, 5) is 11.2. The minimum absolute atomic E-state index is 0.302. The highest BCUT2D eigenvalue weighted by Gasteiger charge is 2.43. The van der Waals surface area contributed by atoms with Crippen LogP contribution >= 0.6 is 11.6 Å². The molecular weight excluding hydrogens is 410 g/mol. The molecule has 1 aromatic heterocycles. The van der Waals surface area contributed by atoms with E-state index in [4.69, 9.17) is 16.3 Å². The van der Waals surface area contributed by atoms with E-state index in [-0.39, 0.29) is 0 Å². The molecule has 2 heterocycles. The number of anilines is 1. The van der Waals surface area contributed by atoms with E-state index >= 15 is 0 Å². The van der Waals surface area contributed by atoms with E-state index in [1.807, 2.05) is 6.07 Å². The van der Waals surface area contributed by atoms with Crippen molar-refractivity contribution in [1.82, 2.24) is 9.97 Å². The summed E-state index contributed by atoms with van der Waals surface area (Å²) in [5, 5.41) is 0.565. The van der Waals surface area contributed by atoms with E-state index in [9.17, 15) is 8.42 Å². The van der Waals surface area contributed by atoms with Crippen molar-refractivity contribution in [3.63, 3.8) is 0 Å². The molecule has 156 valence electrons. The van der Waals surface area contributed by atoms with Crippen molar-refractivity contribution in [2.45, 2.75) is 30.6 Å². The maximum Gasteiger partial charge on any atom is 0.225 e. The van der Waals surface area contributed by atoms with Crippen molar-refractivity contribution in [3.8, 4) is 5.75 Å². The quantitative estimate of drug-likeness (QED) is 0.657. The van der Waals surface area contributed by atoms with Crippen LogP contribution in [0.1, 0.15) is 25.7 Å². The van der Waals surface area contributed by atoms with E-state index in [0.29, 0.717) is 22.3 Å². The highest BCUT2D eigenvalue weighted by Crippen LogP contribution is 2.49. The van der Waals surface area contributed by atoms with Crippen LogP contribution in [0.2, 0.25) is 5.02 Å². The lowest BCUT2D eigenvalue weighted by Gasteiger charge is -2.32. The Bertz CT molecular complexity index is 944. The van der Waals surface area contributed by atoms with Crippen molar-refractivity contribution < 1.29 is 13.2 Å². The number of aromatic nitrogens is 2. The van der Waals surface area contributed by atoms with Gasteiger partial charge < -0.3 is 9.64 Å². The van der Waals surface area contributed by atoms with Gasteiger partial charge in [-0.2, -0.15) is 0 Å². The second kappa shape index (κ2) is 8.48. The van der Waals surface area contributed by atoms with Crippen molar-refractivity contribution in [2.75, 3.05) is 30.9 Å². The largest absolute Gasteiger partial charge is 0.494 e. The fourth-order valence-electron chi connectivity index (χ4n) is 4.30. The number of halogens is 1. The van der Waals surface area contributed by atoms with Gasteiger partial charge in [0.05, 0.1) is 28.9 Å². The molecule has 1 aromatic carbocycles. The molecule has 6 nitrogen and oxygen atoms in total. The van der Waals surface area contributed by atoms with Crippen molar-refractivity contribution in [2.24, 2.45) is 17.8 Å². The summed E-state index contributed by atoms with van der Waals surface area (Å²) in [7, 11) is -3.20. The maximum absolute atomic E-state index is 11.7. The van der Waals surface area contributed by atoms with Crippen LogP contribution in [0, 0.1) is 17.8 Å². The number of rotatable bonds is 7. The van der Waals surface area contributed by atoms with Crippen LogP contribution < -0.4 is 9.64 Å². The highest BCUT2D eigenvalue weighted by molar-refractivity contribution is 7.90. The van der Waals surface area contributed by atoms with E-state index in [0.717, 1.165) is 43.2 Å². The Morgan fingerprint density at radius 2 is 1.93 bits per heavy atom. The molecule has 1 saturated carbocycles. The Morgan fingerprint density at radius 1 is 1.21 bits per heavy atom. The van der Waals surface area contributed by atoms with Gasteiger partial charge in [0.1, 0.15) is 5.75 Å². The molecular formula is C21H26ClN3O3S. The molecule has 8 heteroatoms. The van der Waals surface area contributed by atoms with Gasteiger partial charge in [0.15, 0.2) is 9.84 Å². The monoisotopic (exact) mass is 435 g/mol. The fraction of sp³-hybridized carbons (Fsp3) is 0.524. The number of sulfone groups is 1. The lowest BCUT2D eigenvalue weighted by atomic mass is 9.90. The third kappa shape index (κ3) is 5.20. The Labute approximate surface area is 177 Å². The standard InChI is InChI=1S/C21H26ClN3O3S/c1-29(26,27)19-4-2-3-18(12-19)28-10-7-16-11-20(16)15-5-8-25(9-6-15)21-23-13-17(22)14-24-21/h2-4,12-16,20H,5-11H2,1H3. The van der Waals surface area contributed by atoms with Crippen LogP contribution in [0.25, 0.3) is 0 Å². The van der Waals surface area contributed by atoms with Gasteiger partial charge in [-0.25, -0.2) is 18.4 Å². The van der Waals surface area contributed by atoms with Gasteiger partial charge in [0.2, 0.25) is 5.95 Å². The van der Waals surface area contributed by atoms with Crippen LogP contribution in [-0.4, -0.2) is 44.3 Å². The second-order valence-corrected chi connectivity index (χ2v) is 10.5. The third-order valence-electron chi connectivity index (χ3n) is 6.00. The smallest absolute Gasteiger partial charge is 0.225 e. The summed E-state index contributed by atoms with van der Waals surface area (Å²) < 4.78 is 29.1. The van der Waals surface area contributed by atoms with Gasteiger partial charge in [-0.15, -0.1) is 0 Å². The minimum atomic E-state index is -3.20. The average Bonchev–Trinajstić information content (AvgIpc) is 3.48. The SMILES string of the molecule is CS(=O)(=O)c1cccc(OCCC2CC2C2CCN(c3ncc(Cl)cn3)CC2)c1. The van der Waals surface area contributed by atoms with Gasteiger partial charge in [0, 0.05) is 19.3 Å². The molecule has 0 spiro atoms. The molecule has 0 N–H and O–H groups in total. The predicted molar refractivity (Wildman–Crippen MR) is 113 cm³/mol. The van der Waals surface area contributed by atoms with Gasteiger partial charge in [0.25, 0.3) is 0 Å². The Kier molecular flexibility index (Phi) is 5.97. The van der Waals surface area contributed by atoms with Crippen molar-refractivity contribution in [1.29, 1.82) is 0 Å². The molecule has 29 heavy (non-hydrogen) atoms. The Balaban J connectivity index is 1.20. The van der Waals surface area contributed by atoms with Gasteiger partial charge in [-0.3, -0.25) is 0 Å². The third-order valence-corrected chi connectivity index (χ3v) is 7.31. The number of ether oxygens (including phenoxy) is 1. The van der Waals surface area contributed by atoms with Crippen molar-refractivity contribution in [3.05, 3.63) is 41.7 Å². The van der Waals surface area contributed by atoms with Crippen LogP contribution in [0.15, 0.2) is 41.6 Å². The zero-order valence-electron chi connectivity index (χ0n) is 16.5. The topological polar surface area (TPSA) is 72.4 Å². The zero-order chi connectivity index (χ0) is 20.4. The molecule has 2 atom stereocenters. The molecule has 1 saturated heterocycles. The molecule has 0 radical (unpaired) electrons. The van der Waals surface area contributed by atoms with Crippen LogP contribution in [0.4, 0.5) is 5.95 Å². The normalized spacial score (nSPS) is 22.5. The molecule has 0 amide bonds. The molecule has 1 aliphatic heterocycles. The average molecular weight is 436 g/mol. The number of nitrogens with zero attached hydrogens (tertiary/aromatic N) is 3. The molecule has 2 fully saturated rings. The summed E-state index contributed by atoms with van der Waals surface area (Å²) in [6, 6.07) is 6.74. The number of piperidine rings is 1. The summed E-state index contributed by atoms with van der Waals surface area (Å²) in [6.45, 7) is 2.61. The number of benzene rings is 1. The first kappa shape index (κ1) is 20.4. The van der Waals surface area contributed by atoms with E-state index < -0.39 is 9.84 Å². The van der Waals surface area contributed by atoms with Crippen LogP contribution in [0.5, 0.6) is 5.75 Å². The number of hydrogen-bond acceptors (Lipinski definition) is 6. The van der Waals surface area contributed by atoms with Crippen LogP contribution in [0.3, 0.4) is 0 Å². The first-order valence-corrected chi connectivity index (χ1v) is 12.3. The summed E-state index contributed by atoms with van der Waals surface area (Å²) in [5.41, 5.74) is 0. The van der Waals surface area contributed by atoms with E-state index in [2.05, 4.69) is 14.9 Å². The Hall–Kier alpha value is -1.86. The van der Waals surface area contributed by atoms with Gasteiger partial charge >= 0.3 is 0 Å². The predicted octanol–water partition coefficient (Wildman–Crippen LogP) is 3.86. The maximum atomic E-state index is 11.7. The van der Waals surface area contributed by atoms with E-state index in [1.54, 1.807) is 30.6 Å². The zero-order valence-corrected chi connectivity index (χ0v) is 18.1. The first-order chi connectivity index (χ1) is 13.9. The molecule has 0 bridgehead atoms. The minimum Gasteiger partial charge on any atom is -0.494 e. The van der Waals surface area contributed by atoms with Gasteiger partial charge in [-0.05, 0) is 61.6 Å². The second-order valence-electron chi connectivity index (χ2n) is 8.07. The summed E-state index contributed by atoms with van der Waals surface area (Å²) in [5.74, 6) is 3.66. The van der Waals surface area contributed by atoms with E-state index in [1.165, 1.54) is 25.5 Å². The molecule has 2 aromatic rings. The molecule has 2 aliphatic rings. The Morgan fingerprint density at radius 3 is 2.62 bits per heavy atom. The lowest BCUT2D eigenvalue weighted by molar-refractivity contribution is 0.283. The molecule has 4 rings (SSSR count). The van der Waals surface area contributed by atoms with Crippen molar-refractivity contribution >= 4 is 27.4 Å². The molecule has 2 unspecified atom stereocenters. The highest BCUT2D eigenvalue weighted by atomic mass is 35.5. The van der Waals surface area contributed by atoms with Gasteiger partial charge in [-0.1, -0.05) is 17.7 Å². The first-order valence-electron chi connectivity index (χ1n) is 10.1. The number of hydrogen-bond donors (Lipinski definition) is 0. The summed E-state index contributed by atoms with van der Waals surface area (Å²) >= 11 is 5.87. The lowest BCUT2D eigenvalue weighted by Crippen LogP contribution is -2.35. The van der Waals surface area contributed by atoms with Crippen LogP contribution in [-0.2, 0) is 9.84 Å². The summed E-state index contributed by atoms with van der Waals surface area (Å²) in [6.07, 6.45) is 9.15. The fourth-order valence-corrected chi connectivity index (χ4v) is 5.05.